The van der Waals surface area contributed by atoms with Crippen molar-refractivity contribution in [3.63, 3.8) is 0 Å². The van der Waals surface area contributed by atoms with E-state index in [1.807, 2.05) is 13.8 Å². The van der Waals surface area contributed by atoms with Crippen molar-refractivity contribution in [2.24, 2.45) is 0 Å². The molecule has 0 aromatic rings. The minimum Gasteiger partial charge on any atom is -0.392 e. The van der Waals surface area contributed by atoms with Crippen LogP contribution in [-0.2, 0) is 8.85 Å². The Hall–Kier alpha value is -0.123. The van der Waals surface area contributed by atoms with Crippen molar-refractivity contribution >= 4 is 8.56 Å². The van der Waals surface area contributed by atoms with Crippen LogP contribution in [0.15, 0.2) is 11.8 Å². The topological polar surface area (TPSA) is 18.5 Å². The molecule has 0 unspecified atom stereocenters. The maximum absolute atomic E-state index is 5.74. The molecule has 0 saturated carbocycles. The van der Waals surface area contributed by atoms with E-state index < -0.39 is 8.56 Å². The van der Waals surface area contributed by atoms with Crippen LogP contribution >= 0.6 is 0 Å². The van der Waals surface area contributed by atoms with Gasteiger partial charge in [-0.25, -0.2) is 0 Å². The highest BCUT2D eigenvalue weighted by molar-refractivity contribution is 6.71. The average Bonchev–Trinajstić information content (AvgIpc) is 2.28. The summed E-state index contributed by atoms with van der Waals surface area (Å²) in [7, 11) is -2.01. The van der Waals surface area contributed by atoms with E-state index in [-0.39, 0.29) is 0 Å². The van der Waals surface area contributed by atoms with Crippen molar-refractivity contribution < 1.29 is 8.85 Å². The molecule has 0 aliphatic rings. The lowest BCUT2D eigenvalue weighted by atomic mass is 10.1. The quantitative estimate of drug-likeness (QED) is 0.399. The highest BCUT2D eigenvalue weighted by Crippen LogP contribution is 2.11. The van der Waals surface area contributed by atoms with E-state index in [0.29, 0.717) is 0 Å². The lowest BCUT2D eigenvalue weighted by molar-refractivity contribution is 0.201. The summed E-state index contributed by atoms with van der Waals surface area (Å²) in [5, 5.41) is 0. The van der Waals surface area contributed by atoms with Crippen LogP contribution in [0.5, 0.6) is 0 Å². The maximum atomic E-state index is 5.74. The summed E-state index contributed by atoms with van der Waals surface area (Å²) < 4.78 is 11.5. The molecule has 17 heavy (non-hydrogen) atoms. The van der Waals surface area contributed by atoms with Crippen molar-refractivity contribution in [3.05, 3.63) is 11.8 Å². The Labute approximate surface area is 109 Å². The maximum Gasteiger partial charge on any atom is 0.361 e. The van der Waals surface area contributed by atoms with Crippen molar-refractivity contribution in [1.29, 1.82) is 0 Å². The van der Waals surface area contributed by atoms with Crippen LogP contribution in [0.4, 0.5) is 0 Å². The summed E-state index contributed by atoms with van der Waals surface area (Å²) in [5.41, 5.74) is 2.19. The second-order valence-electron chi connectivity index (χ2n) is 4.49. The number of hydrogen-bond donors (Lipinski definition) is 0. The predicted molar refractivity (Wildman–Crippen MR) is 77.4 cm³/mol. The fourth-order valence-corrected chi connectivity index (χ4v) is 3.89. The van der Waals surface area contributed by atoms with Crippen LogP contribution in [0.3, 0.4) is 0 Å². The van der Waals surface area contributed by atoms with E-state index in [1.54, 1.807) is 0 Å². The van der Waals surface area contributed by atoms with Gasteiger partial charge in [-0.3, -0.25) is 0 Å². The molecule has 0 rings (SSSR count). The van der Waals surface area contributed by atoms with Gasteiger partial charge in [-0.15, -0.1) is 0 Å². The molecule has 0 atom stereocenters. The minimum absolute atomic E-state index is 0.740. The van der Waals surface area contributed by atoms with E-state index in [0.717, 1.165) is 19.6 Å². The molecule has 0 amide bonds. The molecule has 0 aromatic heterocycles. The Bertz CT molecular complexity index is 187. The zero-order valence-corrected chi connectivity index (χ0v) is 13.1. The first kappa shape index (κ1) is 16.9. The molecule has 102 valence electrons. The highest BCUT2D eigenvalue weighted by atomic mass is 28.4. The van der Waals surface area contributed by atoms with Gasteiger partial charge in [0.2, 0.25) is 0 Å². The molecular formula is C14H30O2Si. The molecule has 0 saturated heterocycles. The number of allylic oxidation sites excluding steroid dienone is 1. The third-order valence-electron chi connectivity index (χ3n) is 2.76. The van der Waals surface area contributed by atoms with Gasteiger partial charge in [0.05, 0.1) is 0 Å². The second kappa shape index (κ2) is 11.0. The molecule has 2 nitrogen and oxygen atoms in total. The Balaban J connectivity index is 3.76. The van der Waals surface area contributed by atoms with Gasteiger partial charge in [0.1, 0.15) is 0 Å². The van der Waals surface area contributed by atoms with E-state index >= 15 is 0 Å². The minimum atomic E-state index is -2.01. The molecule has 0 aliphatic heterocycles. The van der Waals surface area contributed by atoms with Crippen LogP contribution in [0.1, 0.15) is 59.3 Å². The average molecular weight is 258 g/mol. The molecule has 0 fully saturated rings. The Morgan fingerprint density at radius 1 is 0.882 bits per heavy atom. The van der Waals surface area contributed by atoms with Crippen LogP contribution in [0.2, 0.25) is 6.55 Å². The van der Waals surface area contributed by atoms with E-state index in [2.05, 4.69) is 25.2 Å². The van der Waals surface area contributed by atoms with Gasteiger partial charge >= 0.3 is 8.56 Å². The van der Waals surface area contributed by atoms with E-state index in [9.17, 15) is 0 Å². The van der Waals surface area contributed by atoms with Crippen molar-refractivity contribution in [1.82, 2.24) is 0 Å². The molecular weight excluding hydrogens is 228 g/mol. The molecule has 0 heterocycles. The van der Waals surface area contributed by atoms with Crippen molar-refractivity contribution in [2.75, 3.05) is 13.2 Å². The standard InChI is InChI=1S/C14H30O2Si/c1-5-8-9-10-11-12-13-14-17(4,15-6-2)16-7-3/h13-14H,5-12H2,1-4H3. The Kier molecular flexibility index (Phi) is 10.9. The van der Waals surface area contributed by atoms with Crippen molar-refractivity contribution in [2.45, 2.75) is 65.8 Å². The lowest BCUT2D eigenvalue weighted by Gasteiger charge is -2.22. The summed E-state index contributed by atoms with van der Waals surface area (Å²) in [6.07, 6.45) is 10.1. The van der Waals surface area contributed by atoms with Crippen molar-refractivity contribution in [3.8, 4) is 0 Å². The Morgan fingerprint density at radius 2 is 1.47 bits per heavy atom. The summed E-state index contributed by atoms with van der Waals surface area (Å²) in [6, 6.07) is 0. The van der Waals surface area contributed by atoms with Gasteiger partial charge in [-0.1, -0.05) is 38.7 Å². The Morgan fingerprint density at radius 3 is 2.00 bits per heavy atom. The second-order valence-corrected chi connectivity index (χ2v) is 7.43. The van der Waals surface area contributed by atoms with Gasteiger partial charge in [0.15, 0.2) is 0 Å². The number of rotatable bonds is 11. The monoisotopic (exact) mass is 258 g/mol. The van der Waals surface area contributed by atoms with Crippen LogP contribution < -0.4 is 0 Å². The lowest BCUT2D eigenvalue weighted by Crippen LogP contribution is -2.36. The first-order chi connectivity index (χ1) is 8.18. The van der Waals surface area contributed by atoms with Crippen LogP contribution in [0, 0.1) is 0 Å². The van der Waals surface area contributed by atoms with Crippen LogP contribution in [0.25, 0.3) is 0 Å². The smallest absolute Gasteiger partial charge is 0.361 e. The molecule has 0 radical (unpaired) electrons. The highest BCUT2D eigenvalue weighted by Gasteiger charge is 2.26. The molecule has 0 bridgehead atoms. The first-order valence-electron chi connectivity index (χ1n) is 7.14. The zero-order valence-electron chi connectivity index (χ0n) is 12.1. The van der Waals surface area contributed by atoms with E-state index in [4.69, 9.17) is 8.85 Å². The summed E-state index contributed by atoms with van der Waals surface area (Å²) in [6.45, 7) is 9.91. The molecule has 0 spiro atoms. The largest absolute Gasteiger partial charge is 0.392 e. The van der Waals surface area contributed by atoms with E-state index in [1.165, 1.54) is 32.1 Å². The third kappa shape index (κ3) is 9.57. The summed E-state index contributed by atoms with van der Waals surface area (Å²) in [4.78, 5) is 0. The van der Waals surface area contributed by atoms with Gasteiger partial charge in [0, 0.05) is 13.2 Å². The molecule has 0 aliphatic carbocycles. The van der Waals surface area contributed by atoms with Gasteiger partial charge in [-0.2, -0.15) is 0 Å². The fraction of sp³-hybridized carbons (Fsp3) is 0.857. The van der Waals surface area contributed by atoms with Gasteiger partial charge in [-0.05, 0) is 38.9 Å². The summed E-state index contributed by atoms with van der Waals surface area (Å²) >= 11 is 0. The SMILES string of the molecule is CCCCCCCC=C[Si](C)(OCC)OCC. The molecule has 0 aromatic carbocycles. The predicted octanol–water partition coefficient (Wildman–Crippen LogP) is 4.59. The van der Waals surface area contributed by atoms with Crippen LogP contribution in [-0.4, -0.2) is 21.8 Å². The number of unbranched alkanes of at least 4 members (excludes halogenated alkanes) is 5. The molecule has 0 N–H and O–H groups in total. The zero-order chi connectivity index (χ0) is 13.0. The fourth-order valence-electron chi connectivity index (χ4n) is 1.87. The number of hydrogen-bond acceptors (Lipinski definition) is 2. The normalized spacial score (nSPS) is 12.5. The first-order valence-corrected chi connectivity index (χ1v) is 9.53. The molecule has 3 heteroatoms. The summed E-state index contributed by atoms with van der Waals surface area (Å²) in [5.74, 6) is 0. The third-order valence-corrected chi connectivity index (χ3v) is 5.32. The van der Waals surface area contributed by atoms with Gasteiger partial charge in [0.25, 0.3) is 0 Å². The van der Waals surface area contributed by atoms with Gasteiger partial charge < -0.3 is 8.85 Å².